The molecule has 5 nitrogen and oxygen atoms in total. The first-order valence-electron chi connectivity index (χ1n) is 15.2. The summed E-state index contributed by atoms with van der Waals surface area (Å²) in [4.78, 5) is 8.31. The van der Waals surface area contributed by atoms with E-state index in [1.807, 2.05) is 0 Å². The van der Waals surface area contributed by atoms with Crippen molar-refractivity contribution in [2.45, 2.75) is 89.5 Å². The second-order valence-corrected chi connectivity index (χ2v) is 13.5. The van der Waals surface area contributed by atoms with E-state index in [0.29, 0.717) is 29.6 Å². The van der Waals surface area contributed by atoms with Gasteiger partial charge in [0.05, 0.1) is 23.4 Å². The first-order valence-corrected chi connectivity index (χ1v) is 15.2. The molecule has 2 aromatic rings. The van der Waals surface area contributed by atoms with Gasteiger partial charge in [0, 0.05) is 24.2 Å². The van der Waals surface area contributed by atoms with Crippen molar-refractivity contribution in [3.8, 4) is 0 Å². The molecule has 8 unspecified atom stereocenters. The van der Waals surface area contributed by atoms with Crippen LogP contribution >= 0.6 is 0 Å². The van der Waals surface area contributed by atoms with Gasteiger partial charge in [0.15, 0.2) is 0 Å². The maximum atomic E-state index is 5.31. The Labute approximate surface area is 221 Å². The van der Waals surface area contributed by atoms with Gasteiger partial charge in [-0.3, -0.25) is 9.47 Å². The van der Waals surface area contributed by atoms with Crippen molar-refractivity contribution in [1.29, 1.82) is 0 Å². The SMILES string of the molecule is CC1(C)C2CC(c3nc4ccccc4n3C3=CCCC=C3)CNC2N2C3NCCCC3C3CCCC1C32. The molecule has 2 aliphatic carbocycles. The lowest BCUT2D eigenvalue weighted by Gasteiger charge is -2.62. The minimum Gasteiger partial charge on any atom is -0.301 e. The third-order valence-corrected chi connectivity index (χ3v) is 11.5. The summed E-state index contributed by atoms with van der Waals surface area (Å²) in [5.74, 6) is 4.88. The lowest BCUT2D eigenvalue weighted by molar-refractivity contribution is -0.136. The Balaban J connectivity index is 1.19. The van der Waals surface area contributed by atoms with Gasteiger partial charge in [-0.1, -0.05) is 44.6 Å². The van der Waals surface area contributed by atoms with Crippen LogP contribution < -0.4 is 10.6 Å². The Hall–Kier alpha value is -1.95. The summed E-state index contributed by atoms with van der Waals surface area (Å²) in [6, 6.07) is 9.51. The highest BCUT2D eigenvalue weighted by Crippen LogP contribution is 2.61. The van der Waals surface area contributed by atoms with E-state index in [9.17, 15) is 0 Å². The molecule has 37 heavy (non-hydrogen) atoms. The Kier molecular flexibility index (Phi) is 5.30. The summed E-state index contributed by atoms with van der Waals surface area (Å²) in [6.07, 6.45) is 18.7. The molecule has 1 aromatic carbocycles. The van der Waals surface area contributed by atoms with Gasteiger partial charge in [-0.2, -0.15) is 0 Å². The van der Waals surface area contributed by atoms with Crippen molar-refractivity contribution in [3.05, 3.63) is 48.3 Å². The van der Waals surface area contributed by atoms with Crippen molar-refractivity contribution >= 4 is 16.7 Å². The number of para-hydroxylation sites is 2. The maximum absolute atomic E-state index is 5.31. The highest BCUT2D eigenvalue weighted by molar-refractivity contribution is 5.82. The van der Waals surface area contributed by atoms with E-state index in [1.165, 1.54) is 62.1 Å². The molecule has 8 rings (SSSR count). The number of aromatic nitrogens is 2. The molecule has 4 aliphatic heterocycles. The van der Waals surface area contributed by atoms with Crippen LogP contribution in [0.2, 0.25) is 0 Å². The first-order chi connectivity index (χ1) is 18.1. The molecule has 5 fully saturated rings. The maximum Gasteiger partial charge on any atom is 0.118 e. The second kappa shape index (κ2) is 8.53. The molecule has 6 aliphatic rings. The summed E-state index contributed by atoms with van der Waals surface area (Å²) in [7, 11) is 0. The summed E-state index contributed by atoms with van der Waals surface area (Å²) >= 11 is 0. The van der Waals surface area contributed by atoms with Crippen LogP contribution in [0.1, 0.15) is 77.0 Å². The van der Waals surface area contributed by atoms with E-state index in [4.69, 9.17) is 4.98 Å². The van der Waals surface area contributed by atoms with Crippen LogP contribution in [0.25, 0.3) is 16.7 Å². The average molecular weight is 498 g/mol. The molecule has 4 saturated heterocycles. The molecule has 0 bridgehead atoms. The summed E-state index contributed by atoms with van der Waals surface area (Å²) in [6.45, 7) is 7.47. The van der Waals surface area contributed by atoms with Crippen LogP contribution in [0.15, 0.2) is 42.5 Å². The fraction of sp³-hybridized carbons (Fsp3) is 0.656. The van der Waals surface area contributed by atoms with Crippen LogP contribution in [-0.4, -0.2) is 45.9 Å². The van der Waals surface area contributed by atoms with Crippen LogP contribution in [0.3, 0.4) is 0 Å². The zero-order valence-corrected chi connectivity index (χ0v) is 22.6. The van der Waals surface area contributed by atoms with Crippen molar-refractivity contribution in [1.82, 2.24) is 25.1 Å². The molecule has 8 atom stereocenters. The number of rotatable bonds is 2. The average Bonchev–Trinajstić information content (AvgIpc) is 3.49. The molecule has 5 heteroatoms. The molecule has 5 heterocycles. The van der Waals surface area contributed by atoms with E-state index in [2.05, 4.69) is 76.4 Å². The Morgan fingerprint density at radius 1 is 0.946 bits per heavy atom. The van der Waals surface area contributed by atoms with Crippen molar-refractivity contribution < 1.29 is 0 Å². The molecule has 2 N–H and O–H groups in total. The van der Waals surface area contributed by atoms with Crippen molar-refractivity contribution in [2.24, 2.45) is 29.1 Å². The number of allylic oxidation sites excluding steroid dienone is 4. The smallest absolute Gasteiger partial charge is 0.118 e. The van der Waals surface area contributed by atoms with Crippen molar-refractivity contribution in [3.63, 3.8) is 0 Å². The Bertz CT molecular complexity index is 1260. The number of hydrogen-bond acceptors (Lipinski definition) is 4. The predicted octanol–water partition coefficient (Wildman–Crippen LogP) is 5.71. The standard InChI is InChI=1S/C32H43N5/c1-32(2)24-14-8-12-22-23-13-9-17-33-30(23)37(28(22)24)31-25(32)18-20(19-34-31)29-35-26-15-6-7-16-27(26)36(29)21-10-4-3-5-11-21/h4,6-7,10-11,15-16,20,22-25,28,30-31,33-34H,3,5,8-9,12-14,17-19H2,1-2H3. The predicted molar refractivity (Wildman–Crippen MR) is 150 cm³/mol. The molecule has 0 spiro atoms. The van der Waals surface area contributed by atoms with Crippen LogP contribution in [0.5, 0.6) is 0 Å². The van der Waals surface area contributed by atoms with Crippen LogP contribution in [0.4, 0.5) is 0 Å². The van der Waals surface area contributed by atoms with Gasteiger partial charge in [0.2, 0.25) is 0 Å². The fourth-order valence-electron chi connectivity index (χ4n) is 9.91. The highest BCUT2D eigenvalue weighted by atomic mass is 15.4. The zero-order valence-electron chi connectivity index (χ0n) is 22.6. The minimum atomic E-state index is 0.338. The van der Waals surface area contributed by atoms with Crippen LogP contribution in [0, 0.1) is 29.1 Å². The lowest BCUT2D eigenvalue weighted by Crippen LogP contribution is -2.71. The topological polar surface area (TPSA) is 45.1 Å². The number of benzene rings is 1. The number of nitrogens with zero attached hydrogens (tertiary/aromatic N) is 3. The number of hydrogen-bond donors (Lipinski definition) is 2. The van der Waals surface area contributed by atoms with Crippen molar-refractivity contribution in [2.75, 3.05) is 13.1 Å². The minimum absolute atomic E-state index is 0.338. The highest BCUT2D eigenvalue weighted by Gasteiger charge is 2.64. The third kappa shape index (κ3) is 3.29. The number of piperidine rings is 3. The lowest BCUT2D eigenvalue weighted by atomic mass is 9.54. The van der Waals surface area contributed by atoms with E-state index >= 15 is 0 Å². The van der Waals surface area contributed by atoms with Gasteiger partial charge in [-0.05, 0) is 98.8 Å². The molecule has 0 amide bonds. The molecular formula is C32H43N5. The zero-order chi connectivity index (χ0) is 24.7. The molecule has 1 aromatic heterocycles. The van der Waals surface area contributed by atoms with Crippen LogP contribution in [-0.2, 0) is 0 Å². The summed E-state index contributed by atoms with van der Waals surface area (Å²) in [5.41, 5.74) is 4.03. The van der Waals surface area contributed by atoms with E-state index in [-0.39, 0.29) is 0 Å². The second-order valence-electron chi connectivity index (χ2n) is 13.5. The normalized spacial score (nSPS) is 40.6. The molecule has 1 saturated carbocycles. The largest absolute Gasteiger partial charge is 0.301 e. The third-order valence-electron chi connectivity index (χ3n) is 11.5. The summed E-state index contributed by atoms with van der Waals surface area (Å²) < 4.78 is 2.49. The number of imidazole rings is 1. The quantitative estimate of drug-likeness (QED) is 0.558. The monoisotopic (exact) mass is 497 g/mol. The van der Waals surface area contributed by atoms with E-state index < -0.39 is 0 Å². The molecule has 196 valence electrons. The molecular weight excluding hydrogens is 454 g/mol. The summed E-state index contributed by atoms with van der Waals surface area (Å²) in [5, 5.41) is 8.21. The van der Waals surface area contributed by atoms with Gasteiger partial charge in [-0.25, -0.2) is 4.98 Å². The first kappa shape index (κ1) is 23.0. The van der Waals surface area contributed by atoms with Gasteiger partial charge in [0.25, 0.3) is 0 Å². The number of nitrogens with one attached hydrogen (secondary N) is 2. The van der Waals surface area contributed by atoms with E-state index in [1.54, 1.807) is 0 Å². The van der Waals surface area contributed by atoms with Gasteiger partial charge in [-0.15, -0.1) is 0 Å². The Morgan fingerprint density at radius 3 is 2.73 bits per heavy atom. The van der Waals surface area contributed by atoms with Gasteiger partial charge in [0.1, 0.15) is 5.82 Å². The van der Waals surface area contributed by atoms with Gasteiger partial charge >= 0.3 is 0 Å². The molecule has 0 radical (unpaired) electrons. The Morgan fingerprint density at radius 2 is 1.84 bits per heavy atom. The number of fused-ring (bicyclic) bond motifs is 6. The van der Waals surface area contributed by atoms with E-state index in [0.717, 1.165) is 48.7 Å². The fourth-order valence-corrected chi connectivity index (χ4v) is 9.91. The van der Waals surface area contributed by atoms with Gasteiger partial charge < -0.3 is 10.6 Å².